The van der Waals surface area contributed by atoms with Crippen molar-refractivity contribution < 1.29 is 24.0 Å². The second-order valence-corrected chi connectivity index (χ2v) is 9.22. The van der Waals surface area contributed by atoms with Crippen molar-refractivity contribution in [2.75, 3.05) is 4.90 Å². The number of imide groups is 2. The number of amides is 4. The van der Waals surface area contributed by atoms with E-state index in [-0.39, 0.29) is 23.7 Å². The molecule has 0 saturated carbocycles. The lowest BCUT2D eigenvalue weighted by molar-refractivity contribution is -0.385. The van der Waals surface area contributed by atoms with E-state index in [0.717, 1.165) is 30.2 Å². The highest BCUT2D eigenvalue weighted by atomic mass is 79.9. The molecular formula is C26H26BrN5O6. The number of nitrogens with one attached hydrogen (secondary N) is 1. The molecule has 0 aliphatic carbocycles. The molecule has 0 fully saturated rings. The van der Waals surface area contributed by atoms with Gasteiger partial charge in [-0.3, -0.25) is 25.0 Å². The topological polar surface area (TPSA) is 145 Å². The van der Waals surface area contributed by atoms with Gasteiger partial charge in [0.1, 0.15) is 11.3 Å². The van der Waals surface area contributed by atoms with Crippen molar-refractivity contribution in [3.63, 3.8) is 0 Å². The fraction of sp³-hybridized carbons (Fsp3) is 0.269. The highest BCUT2D eigenvalue weighted by molar-refractivity contribution is 9.10. The van der Waals surface area contributed by atoms with Crippen LogP contribution in [0, 0.1) is 17.0 Å². The smallest absolute Gasteiger partial charge is 0.335 e. The van der Waals surface area contributed by atoms with Crippen LogP contribution < -0.4 is 15.0 Å². The third-order valence-electron chi connectivity index (χ3n) is 5.48. The van der Waals surface area contributed by atoms with E-state index in [1.165, 1.54) is 36.7 Å². The predicted octanol–water partition coefficient (Wildman–Crippen LogP) is 6.10. The van der Waals surface area contributed by atoms with Crippen LogP contribution in [0.4, 0.5) is 16.2 Å². The molecule has 3 aromatic rings. The Balaban J connectivity index is 1.87. The summed E-state index contributed by atoms with van der Waals surface area (Å²) in [6, 6.07) is 8.97. The second-order valence-electron chi connectivity index (χ2n) is 8.31. The summed E-state index contributed by atoms with van der Waals surface area (Å²) >= 11 is 3.25. The van der Waals surface area contributed by atoms with Crippen LogP contribution in [0.5, 0.6) is 11.8 Å². The van der Waals surface area contributed by atoms with Gasteiger partial charge in [0.05, 0.1) is 15.1 Å². The molecule has 0 spiro atoms. The number of aromatic nitrogens is 2. The zero-order valence-electron chi connectivity index (χ0n) is 20.8. The highest BCUT2D eigenvalue weighted by Gasteiger charge is 2.28. The van der Waals surface area contributed by atoms with Crippen molar-refractivity contribution in [1.82, 2.24) is 15.3 Å². The van der Waals surface area contributed by atoms with Crippen LogP contribution in [0.25, 0.3) is 0 Å². The number of hydrogen-bond donors (Lipinski definition) is 1. The zero-order valence-corrected chi connectivity index (χ0v) is 22.4. The number of rotatable bonds is 10. The standard InChI is InChI=1S/C26H26BrN5O6/c1-3-4-5-6-11-23(33)31(26(35)30-24(34)20-9-7-8-10-21(20)32(36)37)19-12-13-22(17(2)14-19)38-25-28-15-18(27)16-29-25/h7-10,12-16H,3-6,11H2,1-2H3,(H,30,34,35). The minimum atomic E-state index is -1.02. The fourth-order valence-electron chi connectivity index (χ4n) is 3.57. The van der Waals surface area contributed by atoms with Gasteiger partial charge >= 0.3 is 12.0 Å². The first-order valence-electron chi connectivity index (χ1n) is 11.9. The average molecular weight is 584 g/mol. The lowest BCUT2D eigenvalue weighted by atomic mass is 10.1. The number of halogens is 1. The van der Waals surface area contributed by atoms with Crippen LogP contribution >= 0.6 is 15.9 Å². The molecule has 3 rings (SSSR count). The predicted molar refractivity (Wildman–Crippen MR) is 143 cm³/mol. The summed E-state index contributed by atoms with van der Waals surface area (Å²) in [5.74, 6) is -1.10. The summed E-state index contributed by atoms with van der Waals surface area (Å²) < 4.78 is 6.39. The van der Waals surface area contributed by atoms with E-state index in [1.807, 2.05) is 6.92 Å². The third-order valence-corrected chi connectivity index (χ3v) is 5.89. The Kier molecular flexibility index (Phi) is 9.99. The molecule has 198 valence electrons. The van der Waals surface area contributed by atoms with E-state index in [1.54, 1.807) is 19.1 Å². The van der Waals surface area contributed by atoms with E-state index < -0.39 is 28.5 Å². The third kappa shape index (κ3) is 7.42. The molecule has 38 heavy (non-hydrogen) atoms. The molecule has 4 amide bonds. The number of nitrogens with zero attached hydrogens (tertiary/aromatic N) is 4. The quantitative estimate of drug-likeness (QED) is 0.171. The molecule has 0 aliphatic heterocycles. The normalized spacial score (nSPS) is 10.5. The summed E-state index contributed by atoms with van der Waals surface area (Å²) in [5, 5.41) is 13.4. The van der Waals surface area contributed by atoms with Gasteiger partial charge in [-0.15, -0.1) is 0 Å². The number of benzene rings is 2. The molecule has 2 aromatic carbocycles. The first kappa shape index (κ1) is 28.4. The molecule has 11 nitrogen and oxygen atoms in total. The Hall–Kier alpha value is -4.19. The Morgan fingerprint density at radius 1 is 1.08 bits per heavy atom. The first-order valence-corrected chi connectivity index (χ1v) is 12.7. The van der Waals surface area contributed by atoms with Crippen molar-refractivity contribution in [1.29, 1.82) is 0 Å². The molecule has 0 bridgehead atoms. The number of hydrogen-bond acceptors (Lipinski definition) is 8. The Morgan fingerprint density at radius 3 is 2.45 bits per heavy atom. The zero-order chi connectivity index (χ0) is 27.7. The van der Waals surface area contributed by atoms with Crippen LogP contribution in [0.1, 0.15) is 54.9 Å². The Labute approximate surface area is 227 Å². The van der Waals surface area contributed by atoms with Crippen LogP contribution in [0.3, 0.4) is 0 Å². The molecule has 0 aliphatic rings. The largest absolute Gasteiger partial charge is 0.424 e. The summed E-state index contributed by atoms with van der Waals surface area (Å²) in [6.45, 7) is 3.76. The number of urea groups is 1. The number of carbonyl (C=O) groups excluding carboxylic acids is 3. The van der Waals surface area contributed by atoms with E-state index in [9.17, 15) is 24.5 Å². The fourth-order valence-corrected chi connectivity index (χ4v) is 3.78. The second kappa shape index (κ2) is 13.4. The van der Waals surface area contributed by atoms with E-state index in [0.29, 0.717) is 22.2 Å². The van der Waals surface area contributed by atoms with Crippen molar-refractivity contribution >= 4 is 45.2 Å². The lowest BCUT2D eigenvalue weighted by Gasteiger charge is -2.22. The van der Waals surface area contributed by atoms with Crippen molar-refractivity contribution in [2.45, 2.75) is 46.0 Å². The summed E-state index contributed by atoms with van der Waals surface area (Å²) in [5.41, 5.74) is 0.0360. The maximum absolute atomic E-state index is 13.2. The number of anilines is 1. The Bertz CT molecular complexity index is 1330. The molecule has 1 N–H and O–H groups in total. The number of aryl methyl sites for hydroxylation is 1. The number of unbranched alkanes of at least 4 members (excludes halogenated alkanes) is 3. The van der Waals surface area contributed by atoms with E-state index in [2.05, 4.69) is 31.2 Å². The lowest BCUT2D eigenvalue weighted by Crippen LogP contribution is -2.46. The van der Waals surface area contributed by atoms with Crippen LogP contribution in [-0.2, 0) is 4.79 Å². The Morgan fingerprint density at radius 2 is 1.79 bits per heavy atom. The van der Waals surface area contributed by atoms with Crippen molar-refractivity contribution in [3.05, 3.63) is 80.6 Å². The van der Waals surface area contributed by atoms with Gasteiger partial charge in [-0.25, -0.2) is 19.7 Å². The van der Waals surface area contributed by atoms with Crippen LogP contribution in [0.2, 0.25) is 0 Å². The SMILES string of the molecule is CCCCCCC(=O)N(C(=O)NC(=O)c1ccccc1[N+](=O)[O-])c1ccc(Oc2ncc(Br)cn2)c(C)c1. The molecule has 0 atom stereocenters. The van der Waals surface area contributed by atoms with Gasteiger partial charge < -0.3 is 4.74 Å². The molecule has 12 heteroatoms. The molecule has 0 saturated heterocycles. The number of para-hydroxylation sites is 1. The summed E-state index contributed by atoms with van der Waals surface area (Å²) in [7, 11) is 0. The van der Waals surface area contributed by atoms with Gasteiger partial charge in [0.25, 0.3) is 11.6 Å². The molecule has 0 radical (unpaired) electrons. The van der Waals surface area contributed by atoms with Gasteiger partial charge in [-0.2, -0.15) is 0 Å². The highest BCUT2D eigenvalue weighted by Crippen LogP contribution is 2.28. The summed E-state index contributed by atoms with van der Waals surface area (Å²) in [4.78, 5) is 58.7. The van der Waals surface area contributed by atoms with Crippen molar-refractivity contribution in [2.24, 2.45) is 0 Å². The number of ether oxygens (including phenoxy) is 1. The van der Waals surface area contributed by atoms with Gasteiger partial charge in [-0.1, -0.05) is 38.3 Å². The maximum atomic E-state index is 13.2. The van der Waals surface area contributed by atoms with Crippen molar-refractivity contribution in [3.8, 4) is 11.8 Å². The van der Waals surface area contributed by atoms with Gasteiger partial charge in [0, 0.05) is 24.9 Å². The van der Waals surface area contributed by atoms with Crippen LogP contribution in [-0.4, -0.2) is 32.7 Å². The molecular weight excluding hydrogens is 558 g/mol. The number of nitro benzene ring substituents is 1. The van der Waals surface area contributed by atoms with E-state index in [4.69, 9.17) is 4.74 Å². The number of carbonyl (C=O) groups is 3. The van der Waals surface area contributed by atoms with Crippen LogP contribution in [0.15, 0.2) is 59.3 Å². The minimum Gasteiger partial charge on any atom is -0.424 e. The molecule has 0 unspecified atom stereocenters. The molecule has 1 aromatic heterocycles. The first-order chi connectivity index (χ1) is 18.2. The van der Waals surface area contributed by atoms with Gasteiger partial charge in [0.15, 0.2) is 0 Å². The molecule has 1 heterocycles. The maximum Gasteiger partial charge on any atom is 0.335 e. The monoisotopic (exact) mass is 583 g/mol. The number of nitro groups is 1. The summed E-state index contributed by atoms with van der Waals surface area (Å²) in [6.07, 6.45) is 6.44. The van der Waals surface area contributed by atoms with Gasteiger partial charge in [-0.05, 0) is 59.1 Å². The minimum absolute atomic E-state index is 0.0805. The average Bonchev–Trinajstić information content (AvgIpc) is 2.89. The van der Waals surface area contributed by atoms with E-state index >= 15 is 0 Å². The van der Waals surface area contributed by atoms with Gasteiger partial charge in [0.2, 0.25) is 5.91 Å².